The van der Waals surface area contributed by atoms with Gasteiger partial charge in [0.25, 0.3) is 0 Å². The van der Waals surface area contributed by atoms with Gasteiger partial charge in [-0.05, 0) is 0 Å². The van der Waals surface area contributed by atoms with E-state index in [1.54, 1.807) is 4.67 Å². The molecule has 1 heterocycles. The van der Waals surface area contributed by atoms with Gasteiger partial charge in [-0.3, -0.25) is 9.46 Å². The Balaban J connectivity index is 2.68. The van der Waals surface area contributed by atoms with Crippen molar-refractivity contribution in [1.29, 1.82) is 0 Å². The molecule has 0 aromatic rings. The number of rotatable bonds is 1. The molecule has 0 radical (unpaired) electrons. The van der Waals surface area contributed by atoms with Gasteiger partial charge < -0.3 is 4.74 Å². The molecule has 0 amide bonds. The van der Waals surface area contributed by atoms with Gasteiger partial charge in [-0.25, -0.2) is 4.79 Å². The zero-order valence-electron chi connectivity index (χ0n) is 6.24. The molecule has 5 heteroatoms. The van der Waals surface area contributed by atoms with Crippen molar-refractivity contribution < 1.29 is 14.3 Å². The highest BCUT2D eigenvalue weighted by molar-refractivity contribution is 7.13. The van der Waals surface area contributed by atoms with Crippen molar-refractivity contribution in [3.05, 3.63) is 0 Å². The average Bonchev–Trinajstić information content (AvgIpc) is 2.30. The molecule has 1 aliphatic heterocycles. The molecule has 2 unspecified atom stereocenters. The summed E-state index contributed by atoms with van der Waals surface area (Å²) in [6.45, 7) is 0.614. The van der Waals surface area contributed by atoms with Gasteiger partial charge in [0.05, 0.1) is 7.11 Å². The number of hydrogen-bond donors (Lipinski definition) is 0. The van der Waals surface area contributed by atoms with Crippen LogP contribution < -0.4 is 0 Å². The van der Waals surface area contributed by atoms with Crippen LogP contribution in [-0.4, -0.2) is 36.1 Å². The smallest absolute Gasteiger partial charge is 0.331 e. The maximum absolute atomic E-state index is 11.0. The Labute approximate surface area is 67.1 Å². The van der Waals surface area contributed by atoms with Crippen molar-refractivity contribution in [2.75, 3.05) is 13.7 Å². The largest absolute Gasteiger partial charge is 0.467 e. The average molecular weight is 175 g/mol. The number of ketones is 1. The number of methoxy groups -OCH3 is 1. The minimum Gasteiger partial charge on any atom is -0.467 e. The quantitative estimate of drug-likeness (QED) is 0.309. The third-order valence-electron chi connectivity index (χ3n) is 1.68. The molecule has 1 saturated heterocycles. The SMILES string of the molecule is COC(=O)C1C(=O)CCN1P. The Bertz CT molecular complexity index is 194. The van der Waals surface area contributed by atoms with E-state index in [1.165, 1.54) is 7.11 Å². The van der Waals surface area contributed by atoms with Gasteiger partial charge in [0.15, 0.2) is 11.8 Å². The van der Waals surface area contributed by atoms with E-state index in [4.69, 9.17) is 0 Å². The summed E-state index contributed by atoms with van der Waals surface area (Å²) in [5, 5.41) is 0. The zero-order valence-corrected chi connectivity index (χ0v) is 7.40. The summed E-state index contributed by atoms with van der Waals surface area (Å²) >= 11 is 0. The Morgan fingerprint density at radius 1 is 1.82 bits per heavy atom. The van der Waals surface area contributed by atoms with E-state index < -0.39 is 12.0 Å². The first kappa shape index (κ1) is 8.62. The number of carbonyl (C=O) groups excluding carboxylic acids is 2. The highest BCUT2D eigenvalue weighted by atomic mass is 31.0. The van der Waals surface area contributed by atoms with Crippen molar-refractivity contribution >= 4 is 21.1 Å². The third-order valence-corrected chi connectivity index (χ3v) is 2.23. The van der Waals surface area contributed by atoms with Gasteiger partial charge in [0, 0.05) is 13.0 Å². The van der Waals surface area contributed by atoms with Crippen molar-refractivity contribution in [3.63, 3.8) is 0 Å². The summed E-state index contributed by atoms with van der Waals surface area (Å²) in [4.78, 5) is 22.0. The second kappa shape index (κ2) is 3.28. The molecule has 0 aromatic heterocycles. The summed E-state index contributed by atoms with van der Waals surface area (Å²) in [6, 6.07) is -0.690. The van der Waals surface area contributed by atoms with Gasteiger partial charge in [-0.2, -0.15) is 0 Å². The van der Waals surface area contributed by atoms with Crippen molar-refractivity contribution in [2.45, 2.75) is 12.5 Å². The van der Waals surface area contributed by atoms with Crippen LogP contribution in [-0.2, 0) is 14.3 Å². The lowest BCUT2D eigenvalue weighted by Crippen LogP contribution is -2.35. The molecule has 11 heavy (non-hydrogen) atoms. The second-order valence-corrected chi connectivity index (χ2v) is 3.04. The van der Waals surface area contributed by atoms with Crippen LogP contribution in [0.4, 0.5) is 0 Å². The molecule has 0 N–H and O–H groups in total. The highest BCUT2D eigenvalue weighted by Crippen LogP contribution is 2.18. The second-order valence-electron chi connectivity index (χ2n) is 2.38. The lowest BCUT2D eigenvalue weighted by molar-refractivity contribution is -0.146. The van der Waals surface area contributed by atoms with Crippen molar-refractivity contribution in [3.8, 4) is 0 Å². The molecule has 0 aliphatic carbocycles. The van der Waals surface area contributed by atoms with E-state index in [-0.39, 0.29) is 5.78 Å². The summed E-state index contributed by atoms with van der Waals surface area (Å²) in [6.07, 6.45) is 0.434. The lowest BCUT2D eigenvalue weighted by Gasteiger charge is -2.13. The minimum absolute atomic E-state index is 0.0631. The molecule has 0 bridgehead atoms. The molecular weight excluding hydrogens is 165 g/mol. The summed E-state index contributed by atoms with van der Waals surface area (Å²) in [5.74, 6) is -0.533. The molecule has 1 aliphatic rings. The number of hydrogen-bond acceptors (Lipinski definition) is 4. The van der Waals surface area contributed by atoms with E-state index in [2.05, 4.69) is 14.1 Å². The Hall–Kier alpha value is -0.470. The maximum Gasteiger partial charge on any atom is 0.331 e. The van der Waals surface area contributed by atoms with Crippen molar-refractivity contribution in [1.82, 2.24) is 4.67 Å². The van der Waals surface area contributed by atoms with E-state index >= 15 is 0 Å². The Kier molecular flexibility index (Phi) is 2.58. The molecule has 1 rings (SSSR count). The first-order chi connectivity index (χ1) is 5.16. The van der Waals surface area contributed by atoms with Crippen LogP contribution in [0.1, 0.15) is 6.42 Å². The molecule has 2 atom stereocenters. The first-order valence-electron chi connectivity index (χ1n) is 3.28. The molecule has 0 aromatic carbocycles. The molecule has 4 nitrogen and oxygen atoms in total. The number of Topliss-reactive ketones (excluding diaryl/α,β-unsaturated/α-hetero) is 1. The van der Waals surface area contributed by atoms with Crippen LogP contribution in [0.2, 0.25) is 0 Å². The Morgan fingerprint density at radius 3 is 2.82 bits per heavy atom. The van der Waals surface area contributed by atoms with Crippen LogP contribution >= 0.6 is 9.39 Å². The number of nitrogens with zero attached hydrogens (tertiary/aromatic N) is 1. The standard InChI is InChI=1S/C6H10NO3P/c1-10-6(9)5-4(8)2-3-7(5)11/h5H,2-3,11H2,1H3. The van der Waals surface area contributed by atoms with E-state index in [0.29, 0.717) is 13.0 Å². The monoisotopic (exact) mass is 175 g/mol. The van der Waals surface area contributed by atoms with Crippen LogP contribution in [0.15, 0.2) is 0 Å². The fraction of sp³-hybridized carbons (Fsp3) is 0.667. The van der Waals surface area contributed by atoms with Gasteiger partial charge in [0.1, 0.15) is 0 Å². The van der Waals surface area contributed by atoms with Crippen LogP contribution in [0.25, 0.3) is 0 Å². The zero-order chi connectivity index (χ0) is 8.43. The molecule has 1 fully saturated rings. The summed E-state index contributed by atoms with van der Waals surface area (Å²) in [5.41, 5.74) is 0. The van der Waals surface area contributed by atoms with Crippen LogP contribution in [0.3, 0.4) is 0 Å². The number of ether oxygens (including phenoxy) is 1. The van der Waals surface area contributed by atoms with Gasteiger partial charge in [-0.15, -0.1) is 0 Å². The van der Waals surface area contributed by atoms with Crippen molar-refractivity contribution in [2.24, 2.45) is 0 Å². The number of carbonyl (C=O) groups is 2. The van der Waals surface area contributed by atoms with Crippen LogP contribution in [0, 0.1) is 0 Å². The van der Waals surface area contributed by atoms with E-state index in [1.807, 2.05) is 0 Å². The lowest BCUT2D eigenvalue weighted by atomic mass is 10.2. The Morgan fingerprint density at radius 2 is 2.45 bits per heavy atom. The van der Waals surface area contributed by atoms with Crippen LogP contribution in [0.5, 0.6) is 0 Å². The van der Waals surface area contributed by atoms with Gasteiger partial charge in [0.2, 0.25) is 0 Å². The van der Waals surface area contributed by atoms with E-state index in [9.17, 15) is 9.59 Å². The fourth-order valence-corrected chi connectivity index (χ4v) is 1.49. The fourth-order valence-electron chi connectivity index (χ4n) is 1.07. The molecule has 0 spiro atoms. The topological polar surface area (TPSA) is 46.6 Å². The first-order valence-corrected chi connectivity index (χ1v) is 3.80. The normalized spacial score (nSPS) is 25.6. The van der Waals surface area contributed by atoms with Gasteiger partial charge >= 0.3 is 5.97 Å². The predicted octanol–water partition coefficient (Wildman–Crippen LogP) is -0.407. The maximum atomic E-state index is 11.0. The molecule has 62 valence electrons. The summed E-state index contributed by atoms with van der Waals surface area (Å²) in [7, 11) is 3.63. The van der Waals surface area contributed by atoms with E-state index in [0.717, 1.165) is 0 Å². The molecular formula is C6H10NO3P. The predicted molar refractivity (Wildman–Crippen MR) is 41.8 cm³/mol. The number of esters is 1. The summed E-state index contributed by atoms with van der Waals surface area (Å²) < 4.78 is 6.08. The minimum atomic E-state index is -0.690. The third kappa shape index (κ3) is 1.57. The molecule has 0 saturated carbocycles. The van der Waals surface area contributed by atoms with Gasteiger partial charge in [-0.1, -0.05) is 9.39 Å². The highest BCUT2D eigenvalue weighted by Gasteiger charge is 2.36.